The molecule has 158 valence electrons. The molecule has 2 rings (SSSR count). The maximum absolute atomic E-state index is 8.32. The number of hydrogen-bond donors (Lipinski definition) is 4. The number of hydrogen-bond acceptors (Lipinski definition) is 9. The Hall–Kier alpha value is -2.60. The van der Waals surface area contributed by atoms with Crippen molar-refractivity contribution in [2.24, 2.45) is 20.8 Å². The molecule has 1 aliphatic heterocycles. The molecule has 5 N–H and O–H groups in total. The van der Waals surface area contributed by atoms with Gasteiger partial charge in [-0.1, -0.05) is 5.11 Å². The molecule has 0 aliphatic carbocycles. The second-order valence-corrected chi connectivity index (χ2v) is 6.61. The summed E-state index contributed by atoms with van der Waals surface area (Å²) in [6, 6.07) is 0.150. The number of nitrogens with zero attached hydrogens (tertiary/aromatic N) is 8. The van der Waals surface area contributed by atoms with Gasteiger partial charge in [-0.2, -0.15) is 15.0 Å². The van der Waals surface area contributed by atoms with E-state index in [9.17, 15) is 0 Å². The van der Waals surface area contributed by atoms with Crippen molar-refractivity contribution in [3.63, 3.8) is 0 Å². The maximum Gasteiger partial charge on any atom is 0.322 e. The molecule has 0 fully saturated rings. The maximum atomic E-state index is 8.32. The van der Waals surface area contributed by atoms with Gasteiger partial charge < -0.3 is 20.7 Å². The first-order valence-corrected chi connectivity index (χ1v) is 9.54. The van der Waals surface area contributed by atoms with Crippen LogP contribution in [0.3, 0.4) is 0 Å². The predicted molar refractivity (Wildman–Crippen MR) is 111 cm³/mol. The van der Waals surface area contributed by atoms with Gasteiger partial charge in [-0.15, -0.1) is 0 Å². The highest BCUT2D eigenvalue weighted by molar-refractivity contribution is 6.66. The van der Waals surface area contributed by atoms with Crippen LogP contribution in [0.2, 0.25) is 5.28 Å². The van der Waals surface area contributed by atoms with Crippen LogP contribution in [0.15, 0.2) is 15.1 Å². The fourth-order valence-electron chi connectivity index (χ4n) is 2.36. The first kappa shape index (κ1) is 22.7. The Labute approximate surface area is 177 Å². The number of ether oxygens (including phenoxy) is 1. The van der Waals surface area contributed by atoms with Crippen molar-refractivity contribution in [1.29, 1.82) is 0 Å². The third kappa shape index (κ3) is 8.11. The van der Waals surface area contributed by atoms with Crippen molar-refractivity contribution in [1.82, 2.24) is 25.6 Å². The van der Waals surface area contributed by atoms with Gasteiger partial charge in [-0.25, -0.2) is 4.99 Å². The van der Waals surface area contributed by atoms with E-state index in [0.29, 0.717) is 44.4 Å². The minimum Gasteiger partial charge on any atom is -0.467 e. The number of rotatable bonds is 11. The van der Waals surface area contributed by atoms with Gasteiger partial charge in [0.05, 0.1) is 7.11 Å². The smallest absolute Gasteiger partial charge is 0.322 e. The zero-order chi connectivity index (χ0) is 21.1. The highest BCUT2D eigenvalue weighted by Gasteiger charge is 2.29. The molecule has 0 aromatic carbocycles. The van der Waals surface area contributed by atoms with Crippen LogP contribution in [0.5, 0.6) is 6.01 Å². The molecule has 1 atom stereocenters. The van der Waals surface area contributed by atoms with Gasteiger partial charge in [-0.05, 0) is 48.0 Å². The summed E-state index contributed by atoms with van der Waals surface area (Å²) in [5.74, 6) is -0.302. The highest BCUT2D eigenvalue weighted by Crippen LogP contribution is 2.13. The number of azide groups is 1. The minimum atomic E-state index is -1.09. The minimum absolute atomic E-state index is 0.0587. The number of unbranched alkanes of at least 4 members (excludes halogenated alkanes) is 1. The predicted octanol–water partition coefficient (Wildman–Crippen LogP) is 1.57. The summed E-state index contributed by atoms with van der Waals surface area (Å²) in [5.41, 5.74) is 14.5. The van der Waals surface area contributed by atoms with E-state index < -0.39 is 5.79 Å². The quantitative estimate of drug-likeness (QED) is 0.130. The molecule has 0 saturated carbocycles. The number of amidine groups is 1. The average molecular weight is 445 g/mol. The second-order valence-electron chi connectivity index (χ2n) is 5.91. The van der Waals surface area contributed by atoms with Crippen LogP contribution in [-0.4, -0.2) is 58.7 Å². The first-order chi connectivity index (χ1) is 13.9. The number of aliphatic imine (C=N–C) groups is 2. The molecule has 13 nitrogen and oxygen atoms in total. The summed E-state index contributed by atoms with van der Waals surface area (Å²) in [7, 11) is 1.45. The molecule has 0 amide bonds. The number of aromatic nitrogens is 3. The van der Waals surface area contributed by atoms with Gasteiger partial charge in [0.1, 0.15) is 0 Å². The van der Waals surface area contributed by atoms with Crippen molar-refractivity contribution in [3.8, 4) is 6.01 Å². The van der Waals surface area contributed by atoms with E-state index in [1.54, 1.807) is 0 Å². The third-order valence-electron chi connectivity index (χ3n) is 3.64. The molecule has 2 heterocycles. The van der Waals surface area contributed by atoms with Gasteiger partial charge in [0.15, 0.2) is 5.79 Å². The third-order valence-corrected chi connectivity index (χ3v) is 3.99. The Kier molecular flexibility index (Phi) is 8.93. The fourth-order valence-corrected chi connectivity index (χ4v) is 2.75. The normalized spacial score (nSPS) is 19.6. The van der Waals surface area contributed by atoms with Gasteiger partial charge in [-0.3, -0.25) is 10.7 Å². The van der Waals surface area contributed by atoms with Crippen molar-refractivity contribution in [2.75, 3.05) is 32.1 Å². The zero-order valence-electron chi connectivity index (χ0n) is 15.8. The van der Waals surface area contributed by atoms with Crippen molar-refractivity contribution < 1.29 is 4.74 Å². The Morgan fingerprint density at radius 1 is 1.24 bits per heavy atom. The monoisotopic (exact) mass is 444 g/mol. The largest absolute Gasteiger partial charge is 0.467 e. The molecule has 0 radical (unpaired) electrons. The molecule has 0 bridgehead atoms. The number of methoxy groups -OCH3 is 1. The first-order valence-electron chi connectivity index (χ1n) is 8.78. The van der Waals surface area contributed by atoms with Crippen LogP contribution < -0.4 is 26.4 Å². The SMILES string of the molecule is COc1nc(Cl)nc(NCCCCN=C2NC(Cl)=NC(N)(CCCN=[N+]=[N-])N2)n1. The summed E-state index contributed by atoms with van der Waals surface area (Å²) in [6.07, 6.45) is 2.60. The molecular formula is C14H22Cl2N12O. The van der Waals surface area contributed by atoms with E-state index >= 15 is 0 Å². The number of halogens is 2. The Balaban J connectivity index is 1.75. The van der Waals surface area contributed by atoms with Gasteiger partial charge in [0.2, 0.25) is 22.5 Å². The molecule has 15 heteroatoms. The average Bonchev–Trinajstić information content (AvgIpc) is 2.67. The van der Waals surface area contributed by atoms with Gasteiger partial charge in [0.25, 0.3) is 0 Å². The molecule has 29 heavy (non-hydrogen) atoms. The summed E-state index contributed by atoms with van der Waals surface area (Å²) in [5, 5.41) is 12.6. The standard InChI is InChI=1S/C14H22Cl2N12O/c1-29-13-24-9(15)22-11(25-13)19-6-2-3-7-20-12-23-10(16)26-14(17,27-12)5-4-8-21-28-18/h2-8,17H2,1H3,(H,19,22,24,25)(H2,20,23,26,27). The van der Waals surface area contributed by atoms with Crippen LogP contribution in [0.4, 0.5) is 5.95 Å². The number of anilines is 1. The van der Waals surface area contributed by atoms with E-state index in [1.165, 1.54) is 7.11 Å². The summed E-state index contributed by atoms with van der Waals surface area (Å²) in [6.45, 7) is 1.49. The zero-order valence-corrected chi connectivity index (χ0v) is 17.3. The van der Waals surface area contributed by atoms with E-state index in [-0.39, 0.29) is 16.6 Å². The second kappa shape index (κ2) is 11.4. The van der Waals surface area contributed by atoms with Crippen LogP contribution >= 0.6 is 23.2 Å². The van der Waals surface area contributed by atoms with Gasteiger partial charge in [0, 0.05) is 31.0 Å². The van der Waals surface area contributed by atoms with E-state index in [2.05, 4.69) is 50.9 Å². The van der Waals surface area contributed by atoms with E-state index in [4.69, 9.17) is 39.2 Å². The molecule has 1 aliphatic rings. The van der Waals surface area contributed by atoms with Crippen molar-refractivity contribution in [2.45, 2.75) is 31.5 Å². The molecule has 0 saturated heterocycles. The molecule has 0 spiro atoms. The fraction of sp³-hybridized carbons (Fsp3) is 0.643. The number of nitrogens with one attached hydrogen (secondary N) is 3. The van der Waals surface area contributed by atoms with Crippen LogP contribution in [0.25, 0.3) is 10.4 Å². The molecule has 1 aromatic heterocycles. The Morgan fingerprint density at radius 3 is 2.83 bits per heavy atom. The summed E-state index contributed by atoms with van der Waals surface area (Å²) >= 11 is 11.8. The summed E-state index contributed by atoms with van der Waals surface area (Å²) in [4.78, 5) is 23.1. The summed E-state index contributed by atoms with van der Waals surface area (Å²) < 4.78 is 4.94. The van der Waals surface area contributed by atoms with Gasteiger partial charge >= 0.3 is 6.01 Å². The Morgan fingerprint density at radius 2 is 2.07 bits per heavy atom. The van der Waals surface area contributed by atoms with Crippen LogP contribution in [0, 0.1) is 0 Å². The number of nitrogens with two attached hydrogens (primary N) is 1. The number of guanidine groups is 1. The van der Waals surface area contributed by atoms with Crippen molar-refractivity contribution in [3.05, 3.63) is 15.7 Å². The lowest BCUT2D eigenvalue weighted by molar-refractivity contribution is 0.363. The topological polar surface area (TPSA) is 183 Å². The van der Waals surface area contributed by atoms with Crippen molar-refractivity contribution >= 4 is 40.4 Å². The van der Waals surface area contributed by atoms with Crippen LogP contribution in [-0.2, 0) is 0 Å². The Bertz CT molecular complexity index is 797. The lowest BCUT2D eigenvalue weighted by atomic mass is 10.2. The highest BCUT2D eigenvalue weighted by atomic mass is 35.5. The lowest BCUT2D eigenvalue weighted by Gasteiger charge is -2.32. The lowest BCUT2D eigenvalue weighted by Crippen LogP contribution is -2.62. The molecular weight excluding hydrogens is 423 g/mol. The molecule has 1 unspecified atom stereocenters. The van der Waals surface area contributed by atoms with E-state index in [0.717, 1.165) is 12.8 Å². The molecule has 1 aromatic rings. The van der Waals surface area contributed by atoms with Crippen LogP contribution in [0.1, 0.15) is 25.7 Å². The van der Waals surface area contributed by atoms with E-state index in [1.807, 2.05) is 0 Å².